The molecule has 3 amide bonds. The maximum atomic E-state index is 13.3. The summed E-state index contributed by atoms with van der Waals surface area (Å²) >= 11 is 7.91. The number of fused-ring (bicyclic) bond motifs is 4. The molecule has 0 bridgehead atoms. The van der Waals surface area contributed by atoms with Crippen LogP contribution in [0.2, 0.25) is 5.02 Å². The van der Waals surface area contributed by atoms with Gasteiger partial charge in [-0.1, -0.05) is 74.3 Å². The van der Waals surface area contributed by atoms with Gasteiger partial charge < -0.3 is 30.7 Å². The predicted octanol–water partition coefficient (Wildman–Crippen LogP) is 7.26. The first-order valence-electron chi connectivity index (χ1n) is 21.7. The number of nitrogens with one attached hydrogen (secondary N) is 3. The Kier molecular flexibility index (Phi) is 14.6. The van der Waals surface area contributed by atoms with Gasteiger partial charge in [0.2, 0.25) is 17.7 Å². The predicted molar refractivity (Wildman–Crippen MR) is 248 cm³/mol. The van der Waals surface area contributed by atoms with Crippen LogP contribution in [0.15, 0.2) is 71.7 Å². The third-order valence-corrected chi connectivity index (χ3v) is 13.3. The van der Waals surface area contributed by atoms with Crippen LogP contribution in [-0.2, 0) is 34.0 Å². The molecule has 2 aliphatic heterocycles. The first-order chi connectivity index (χ1) is 30.3. The number of hydrogen-bond donors (Lipinski definition) is 4. The van der Waals surface area contributed by atoms with E-state index in [-0.39, 0.29) is 48.8 Å². The zero-order valence-electron chi connectivity index (χ0n) is 36.8. The summed E-state index contributed by atoms with van der Waals surface area (Å²) in [5.74, 6) is 1.92. The van der Waals surface area contributed by atoms with Gasteiger partial charge in [-0.25, -0.2) is 0 Å². The highest BCUT2D eigenvalue weighted by Gasteiger charge is 2.34. The molecule has 0 saturated carbocycles. The number of carbonyl (C=O) groups excluding carboxylic acids is 3. The van der Waals surface area contributed by atoms with E-state index < -0.39 is 6.04 Å². The molecule has 0 saturated heterocycles. The van der Waals surface area contributed by atoms with E-state index in [4.69, 9.17) is 21.3 Å². The fourth-order valence-electron chi connectivity index (χ4n) is 8.33. The second-order valence-corrected chi connectivity index (χ2v) is 18.5. The minimum Gasteiger partial charge on any atom is -0.489 e. The number of aliphatic hydroxyl groups is 1. The lowest BCUT2D eigenvalue weighted by atomic mass is 9.95. The van der Waals surface area contributed by atoms with Crippen molar-refractivity contribution in [3.05, 3.63) is 122 Å². The van der Waals surface area contributed by atoms with Gasteiger partial charge in [0.1, 0.15) is 35.3 Å². The summed E-state index contributed by atoms with van der Waals surface area (Å²) in [4.78, 5) is 47.4. The molecule has 332 valence electrons. The highest BCUT2D eigenvalue weighted by atomic mass is 35.5. The Morgan fingerprint density at radius 1 is 0.968 bits per heavy atom. The number of carbonyl (C=O) groups is 3. The zero-order chi connectivity index (χ0) is 44.8. The molecule has 4 N–H and O–H groups in total. The number of ether oxygens (including phenoxy) is 1. The Bertz CT molecular complexity index is 2460. The van der Waals surface area contributed by atoms with E-state index in [9.17, 15) is 19.5 Å². The van der Waals surface area contributed by atoms with E-state index in [0.717, 1.165) is 68.4 Å². The molecule has 0 fully saturated rings. The molecule has 7 rings (SSSR count). The van der Waals surface area contributed by atoms with E-state index in [0.29, 0.717) is 55.6 Å². The Morgan fingerprint density at radius 2 is 1.71 bits per heavy atom. The average molecular weight is 894 g/mol. The van der Waals surface area contributed by atoms with Crippen LogP contribution < -0.4 is 25.6 Å². The number of hydrogen-bond acceptors (Lipinski definition) is 10. The number of unbranched alkanes of at least 4 members (excludes halogenated alkanes) is 2. The first kappa shape index (κ1) is 45.5. The summed E-state index contributed by atoms with van der Waals surface area (Å²) in [5.41, 5.74) is 7.83. The Hall–Kier alpha value is -5.57. The van der Waals surface area contributed by atoms with Crippen molar-refractivity contribution < 1.29 is 24.2 Å². The molecule has 3 atom stereocenters. The Labute approximate surface area is 378 Å². The van der Waals surface area contributed by atoms with Crippen molar-refractivity contribution in [1.29, 1.82) is 0 Å². The van der Waals surface area contributed by atoms with Crippen LogP contribution in [0.1, 0.15) is 102 Å². The molecule has 5 aromatic rings. The SMILES string of the molecule is Cc1sc2c(c1C)C(c1ccc(Cl)cc1)=NC(CC(=O)NCCCCCC(=O)NCc1ccc(COc3ccc4c(c3)N(C)C(C(C)C)C(=O)NC(CO)C4)cc1)c1nnc(C)n1-2. The maximum Gasteiger partial charge on any atom is 0.243 e. The number of aliphatic hydroxyl groups excluding tert-OH is 1. The topological polar surface area (TPSA) is 163 Å². The van der Waals surface area contributed by atoms with Gasteiger partial charge in [-0.05, 0) is 86.4 Å². The van der Waals surface area contributed by atoms with Crippen molar-refractivity contribution in [3.63, 3.8) is 0 Å². The highest BCUT2D eigenvalue weighted by Crippen LogP contribution is 2.40. The molecule has 2 aromatic heterocycles. The zero-order valence-corrected chi connectivity index (χ0v) is 38.4. The largest absolute Gasteiger partial charge is 0.489 e. The molecular formula is C48H57ClN8O5S. The highest BCUT2D eigenvalue weighted by molar-refractivity contribution is 7.15. The van der Waals surface area contributed by atoms with Crippen LogP contribution in [0.4, 0.5) is 5.69 Å². The smallest absolute Gasteiger partial charge is 0.243 e. The average Bonchev–Trinajstić information content (AvgIpc) is 3.74. The van der Waals surface area contributed by atoms with Gasteiger partial charge in [0.15, 0.2) is 5.82 Å². The van der Waals surface area contributed by atoms with Gasteiger partial charge >= 0.3 is 0 Å². The molecular weight excluding hydrogens is 836 g/mol. The van der Waals surface area contributed by atoms with Crippen molar-refractivity contribution in [2.45, 2.75) is 104 Å². The van der Waals surface area contributed by atoms with E-state index in [1.165, 1.54) is 4.88 Å². The van der Waals surface area contributed by atoms with Crippen LogP contribution in [-0.4, -0.2) is 75.6 Å². The molecule has 0 radical (unpaired) electrons. The number of aryl methyl sites for hydroxylation is 2. The summed E-state index contributed by atoms with van der Waals surface area (Å²) < 4.78 is 8.23. The lowest BCUT2D eigenvalue weighted by Gasteiger charge is -2.37. The van der Waals surface area contributed by atoms with E-state index in [1.54, 1.807) is 11.3 Å². The maximum absolute atomic E-state index is 13.3. The van der Waals surface area contributed by atoms with Crippen molar-refractivity contribution in [2.75, 3.05) is 25.1 Å². The lowest BCUT2D eigenvalue weighted by Crippen LogP contribution is -2.54. The third-order valence-electron chi connectivity index (χ3n) is 11.8. The number of anilines is 1. The van der Waals surface area contributed by atoms with Crippen molar-refractivity contribution in [3.8, 4) is 10.8 Å². The van der Waals surface area contributed by atoms with E-state index >= 15 is 0 Å². The quantitative estimate of drug-likeness (QED) is 0.0753. The van der Waals surface area contributed by atoms with Crippen LogP contribution in [0.5, 0.6) is 5.75 Å². The van der Waals surface area contributed by atoms with Gasteiger partial charge in [-0.3, -0.25) is 23.9 Å². The summed E-state index contributed by atoms with van der Waals surface area (Å²) in [6.07, 6.45) is 3.32. The van der Waals surface area contributed by atoms with E-state index in [1.807, 2.05) is 104 Å². The summed E-state index contributed by atoms with van der Waals surface area (Å²) in [6.45, 7) is 11.3. The number of amides is 3. The Morgan fingerprint density at radius 3 is 2.44 bits per heavy atom. The van der Waals surface area contributed by atoms with Crippen LogP contribution in [0.25, 0.3) is 5.00 Å². The Balaban J connectivity index is 0.844. The minimum absolute atomic E-state index is 0.0149. The molecule has 2 aliphatic rings. The van der Waals surface area contributed by atoms with Crippen LogP contribution >= 0.6 is 22.9 Å². The number of likely N-dealkylation sites (N-methyl/N-ethyl adjacent to an activating group) is 1. The van der Waals surface area contributed by atoms with Gasteiger partial charge in [-0.2, -0.15) is 0 Å². The van der Waals surface area contributed by atoms with Crippen LogP contribution in [0.3, 0.4) is 0 Å². The fourth-order valence-corrected chi connectivity index (χ4v) is 9.67. The van der Waals surface area contributed by atoms with Crippen molar-refractivity contribution in [1.82, 2.24) is 30.7 Å². The molecule has 0 spiro atoms. The standard InChI is InChI=1S/C48H57ClN8O5S/c1-28(2)45-47(61)52-37(26-58)22-35-17-20-38(23-40(35)56(45)6)62-27-33-13-11-32(12-14-33)25-51-41(59)10-8-7-9-21-50-42(60)24-39-46-55-54-31(5)57(46)48-43(29(3)30(4)63-48)44(53-39)34-15-18-36(49)19-16-34/h11-20,23,28,37,39,45,58H,7-10,21-22,24-27H2,1-6H3,(H,50,60)(H,51,59)(H,52,61). The number of benzene rings is 3. The molecule has 13 nitrogen and oxygen atoms in total. The second kappa shape index (κ2) is 20.3. The van der Waals surface area contributed by atoms with Crippen molar-refractivity contribution in [2.24, 2.45) is 10.9 Å². The molecule has 3 aromatic carbocycles. The summed E-state index contributed by atoms with van der Waals surface area (Å²) in [5, 5.41) is 29.5. The van der Waals surface area contributed by atoms with E-state index in [2.05, 4.69) is 40.0 Å². The molecule has 63 heavy (non-hydrogen) atoms. The number of halogens is 1. The van der Waals surface area contributed by atoms with Crippen molar-refractivity contribution >= 4 is 52.1 Å². The van der Waals surface area contributed by atoms with Gasteiger partial charge in [-0.15, -0.1) is 21.5 Å². The second-order valence-electron chi connectivity index (χ2n) is 16.8. The number of thiophene rings is 1. The van der Waals surface area contributed by atoms with Gasteiger partial charge in [0.05, 0.1) is 24.8 Å². The number of aliphatic imine (C=N–C) groups is 1. The molecule has 3 unspecified atom stereocenters. The number of nitrogens with zero attached hydrogens (tertiary/aromatic N) is 5. The van der Waals surface area contributed by atoms with Crippen LogP contribution in [0, 0.1) is 26.7 Å². The number of aromatic nitrogens is 3. The first-order valence-corrected chi connectivity index (χ1v) is 22.9. The van der Waals surface area contributed by atoms with Gasteiger partial charge in [0.25, 0.3) is 0 Å². The molecule has 0 aliphatic carbocycles. The lowest BCUT2D eigenvalue weighted by molar-refractivity contribution is -0.124. The monoisotopic (exact) mass is 892 g/mol. The number of rotatable bonds is 16. The molecule has 4 heterocycles. The summed E-state index contributed by atoms with van der Waals surface area (Å²) in [6, 6.07) is 20.3. The minimum atomic E-state index is -0.533. The third kappa shape index (κ3) is 10.6. The van der Waals surface area contributed by atoms with Gasteiger partial charge in [0, 0.05) is 59.3 Å². The molecule has 15 heteroatoms. The normalized spacial score (nSPS) is 17.1. The summed E-state index contributed by atoms with van der Waals surface area (Å²) in [7, 11) is 1.93. The fraction of sp³-hybridized carbons (Fsp3) is 0.417.